The van der Waals surface area contributed by atoms with E-state index in [-0.39, 0.29) is 6.03 Å². The van der Waals surface area contributed by atoms with Crippen molar-refractivity contribution < 1.29 is 4.79 Å². The lowest BCUT2D eigenvalue weighted by Gasteiger charge is -2.16. The molecule has 0 bridgehead atoms. The standard InChI is InChI=1S/C18H24N4O/c23-18(20-11-16(13-4-5-13)14-6-7-14)19-9-8-15-12-22-10-2-1-3-17(22)21-15/h1-3,10,12-14,16H,4-9,11H2,(H2,19,20,23). The van der Waals surface area contributed by atoms with E-state index in [1.165, 1.54) is 25.7 Å². The number of imidazole rings is 1. The molecule has 2 aromatic heterocycles. The van der Waals surface area contributed by atoms with Crippen LogP contribution in [0.5, 0.6) is 0 Å². The molecule has 0 aromatic carbocycles. The van der Waals surface area contributed by atoms with E-state index in [0.29, 0.717) is 6.54 Å². The molecule has 0 radical (unpaired) electrons. The van der Waals surface area contributed by atoms with Gasteiger partial charge in [-0.3, -0.25) is 0 Å². The molecule has 2 N–H and O–H groups in total. The molecule has 2 aliphatic rings. The predicted octanol–water partition coefficient (Wildman–Crippen LogP) is 2.61. The number of fused-ring (bicyclic) bond motifs is 1. The molecule has 5 nitrogen and oxygen atoms in total. The van der Waals surface area contributed by atoms with Gasteiger partial charge in [-0.15, -0.1) is 0 Å². The number of carbonyl (C=O) groups is 1. The van der Waals surface area contributed by atoms with Crippen molar-refractivity contribution in [3.05, 3.63) is 36.3 Å². The van der Waals surface area contributed by atoms with Gasteiger partial charge in [0.2, 0.25) is 0 Å². The Bertz CT molecular complexity index is 642. The quantitative estimate of drug-likeness (QED) is 0.825. The van der Waals surface area contributed by atoms with Crippen LogP contribution in [-0.4, -0.2) is 28.5 Å². The first-order valence-electron chi connectivity index (χ1n) is 8.74. The second-order valence-corrected chi connectivity index (χ2v) is 6.92. The molecule has 2 aliphatic carbocycles. The number of rotatable bonds is 7. The van der Waals surface area contributed by atoms with E-state index in [0.717, 1.165) is 42.1 Å². The largest absolute Gasteiger partial charge is 0.338 e. The zero-order valence-corrected chi connectivity index (χ0v) is 13.4. The molecule has 0 aliphatic heterocycles. The zero-order valence-electron chi connectivity index (χ0n) is 13.4. The highest BCUT2D eigenvalue weighted by Gasteiger charge is 2.41. The Morgan fingerprint density at radius 1 is 1.22 bits per heavy atom. The summed E-state index contributed by atoms with van der Waals surface area (Å²) in [5.41, 5.74) is 1.95. The minimum atomic E-state index is -0.0416. The molecule has 2 fully saturated rings. The fraction of sp³-hybridized carbons (Fsp3) is 0.556. The number of amides is 2. The van der Waals surface area contributed by atoms with Gasteiger partial charge in [-0.25, -0.2) is 9.78 Å². The van der Waals surface area contributed by atoms with Crippen molar-refractivity contribution >= 4 is 11.7 Å². The zero-order chi connectivity index (χ0) is 15.6. The van der Waals surface area contributed by atoms with Crippen LogP contribution in [0.25, 0.3) is 5.65 Å². The van der Waals surface area contributed by atoms with Crippen molar-refractivity contribution in [2.24, 2.45) is 17.8 Å². The van der Waals surface area contributed by atoms with Crippen LogP contribution in [0.3, 0.4) is 0 Å². The van der Waals surface area contributed by atoms with Crippen LogP contribution in [0.1, 0.15) is 31.4 Å². The first-order valence-corrected chi connectivity index (χ1v) is 8.74. The van der Waals surface area contributed by atoms with Crippen LogP contribution in [0.15, 0.2) is 30.6 Å². The molecule has 2 saturated carbocycles. The predicted molar refractivity (Wildman–Crippen MR) is 89.2 cm³/mol. The highest BCUT2D eigenvalue weighted by Crippen LogP contribution is 2.48. The third-order valence-corrected chi connectivity index (χ3v) is 5.03. The number of hydrogen-bond donors (Lipinski definition) is 2. The number of aromatic nitrogens is 2. The van der Waals surface area contributed by atoms with Gasteiger partial charge in [-0.2, -0.15) is 0 Å². The van der Waals surface area contributed by atoms with E-state index in [9.17, 15) is 4.79 Å². The maximum absolute atomic E-state index is 11.9. The van der Waals surface area contributed by atoms with Crippen LogP contribution in [-0.2, 0) is 6.42 Å². The summed E-state index contributed by atoms with van der Waals surface area (Å²) in [5.74, 6) is 2.47. The van der Waals surface area contributed by atoms with Crippen LogP contribution in [0, 0.1) is 17.8 Å². The van der Waals surface area contributed by atoms with Gasteiger partial charge in [0, 0.05) is 31.9 Å². The third kappa shape index (κ3) is 3.66. The van der Waals surface area contributed by atoms with Gasteiger partial charge in [0.25, 0.3) is 0 Å². The third-order valence-electron chi connectivity index (χ3n) is 5.03. The van der Waals surface area contributed by atoms with Crippen LogP contribution in [0.2, 0.25) is 0 Å². The molecule has 4 rings (SSSR count). The molecule has 0 atom stereocenters. The molecule has 0 unspecified atom stereocenters. The number of urea groups is 1. The van der Waals surface area contributed by atoms with E-state index in [1.54, 1.807) is 0 Å². The lowest BCUT2D eigenvalue weighted by atomic mass is 9.98. The highest BCUT2D eigenvalue weighted by molar-refractivity contribution is 5.73. The maximum atomic E-state index is 11.9. The van der Waals surface area contributed by atoms with Crippen LogP contribution >= 0.6 is 0 Å². The van der Waals surface area contributed by atoms with Crippen LogP contribution < -0.4 is 10.6 Å². The molecule has 0 saturated heterocycles. The number of hydrogen-bond acceptors (Lipinski definition) is 2. The fourth-order valence-electron chi connectivity index (χ4n) is 3.45. The first kappa shape index (κ1) is 14.5. The first-order chi connectivity index (χ1) is 11.3. The van der Waals surface area contributed by atoms with Gasteiger partial charge in [0.1, 0.15) is 5.65 Å². The minimum absolute atomic E-state index is 0.0416. The van der Waals surface area contributed by atoms with Gasteiger partial charge in [0.05, 0.1) is 5.69 Å². The van der Waals surface area contributed by atoms with Gasteiger partial charge >= 0.3 is 6.03 Å². The summed E-state index contributed by atoms with van der Waals surface area (Å²) in [4.78, 5) is 16.5. The molecule has 122 valence electrons. The average Bonchev–Trinajstić information content (AvgIpc) is 3.46. The summed E-state index contributed by atoms with van der Waals surface area (Å²) in [6.07, 6.45) is 10.2. The van der Waals surface area contributed by atoms with Gasteiger partial charge in [-0.05, 0) is 55.6 Å². The molecule has 0 spiro atoms. The Balaban J connectivity index is 1.20. The van der Waals surface area contributed by atoms with E-state index in [1.807, 2.05) is 35.0 Å². The minimum Gasteiger partial charge on any atom is -0.338 e. The smallest absolute Gasteiger partial charge is 0.314 e. The Kier molecular flexibility index (Phi) is 3.93. The highest BCUT2D eigenvalue weighted by atomic mass is 16.2. The van der Waals surface area contributed by atoms with Crippen LogP contribution in [0.4, 0.5) is 4.79 Å². The SMILES string of the molecule is O=C(NCCc1cn2ccccc2n1)NCC(C1CC1)C1CC1. The summed E-state index contributed by atoms with van der Waals surface area (Å²) in [7, 11) is 0. The molecule has 2 heterocycles. The maximum Gasteiger partial charge on any atom is 0.314 e. The van der Waals surface area contributed by atoms with Crippen molar-refractivity contribution in [3.63, 3.8) is 0 Å². The number of nitrogens with one attached hydrogen (secondary N) is 2. The average molecular weight is 312 g/mol. The van der Waals surface area contributed by atoms with Crippen molar-refractivity contribution in [1.82, 2.24) is 20.0 Å². The Morgan fingerprint density at radius 2 is 2.00 bits per heavy atom. The summed E-state index contributed by atoms with van der Waals surface area (Å²) in [6.45, 7) is 1.46. The van der Waals surface area contributed by atoms with E-state index < -0.39 is 0 Å². The second kappa shape index (κ2) is 6.22. The van der Waals surface area contributed by atoms with E-state index >= 15 is 0 Å². The summed E-state index contributed by atoms with van der Waals surface area (Å²) in [6, 6.07) is 5.91. The van der Waals surface area contributed by atoms with Crippen molar-refractivity contribution in [2.45, 2.75) is 32.1 Å². The van der Waals surface area contributed by atoms with Gasteiger partial charge in [0.15, 0.2) is 0 Å². The lowest BCUT2D eigenvalue weighted by molar-refractivity contribution is 0.237. The van der Waals surface area contributed by atoms with E-state index in [2.05, 4.69) is 15.6 Å². The molecular formula is C18H24N4O. The van der Waals surface area contributed by atoms with E-state index in [4.69, 9.17) is 0 Å². The molecule has 2 aromatic rings. The Morgan fingerprint density at radius 3 is 2.70 bits per heavy atom. The molecule has 23 heavy (non-hydrogen) atoms. The molecular weight excluding hydrogens is 288 g/mol. The number of carbonyl (C=O) groups excluding carboxylic acids is 1. The van der Waals surface area contributed by atoms with Crippen molar-refractivity contribution in [3.8, 4) is 0 Å². The summed E-state index contributed by atoms with van der Waals surface area (Å²) >= 11 is 0. The topological polar surface area (TPSA) is 58.4 Å². The lowest BCUT2D eigenvalue weighted by Crippen LogP contribution is -2.39. The number of pyridine rings is 1. The molecule has 5 heteroatoms. The fourth-order valence-corrected chi connectivity index (χ4v) is 3.45. The summed E-state index contributed by atoms with van der Waals surface area (Å²) in [5, 5.41) is 6.01. The van der Waals surface area contributed by atoms with Crippen molar-refractivity contribution in [2.75, 3.05) is 13.1 Å². The van der Waals surface area contributed by atoms with Gasteiger partial charge < -0.3 is 15.0 Å². The second-order valence-electron chi connectivity index (χ2n) is 6.92. The Hall–Kier alpha value is -2.04. The summed E-state index contributed by atoms with van der Waals surface area (Å²) < 4.78 is 2.01. The number of nitrogens with zero attached hydrogens (tertiary/aromatic N) is 2. The van der Waals surface area contributed by atoms with Crippen molar-refractivity contribution in [1.29, 1.82) is 0 Å². The normalized spacial score (nSPS) is 17.6. The monoisotopic (exact) mass is 312 g/mol. The molecule has 2 amide bonds. The van der Waals surface area contributed by atoms with Gasteiger partial charge in [-0.1, -0.05) is 6.07 Å². The Labute approximate surface area is 136 Å².